The molecule has 0 aromatic carbocycles. The SMILES string of the molecule is CCn1nccc1C(C)NCc1cc(C2CC2)n[nH]1. The average Bonchev–Trinajstić information content (AvgIpc) is 2.99. The van der Waals surface area contributed by atoms with Gasteiger partial charge in [-0.3, -0.25) is 9.78 Å². The summed E-state index contributed by atoms with van der Waals surface area (Å²) in [4.78, 5) is 0. The van der Waals surface area contributed by atoms with Crippen molar-refractivity contribution in [3.63, 3.8) is 0 Å². The molecular formula is C14H21N5. The quantitative estimate of drug-likeness (QED) is 0.837. The van der Waals surface area contributed by atoms with Crippen molar-refractivity contribution in [2.24, 2.45) is 0 Å². The first-order valence-electron chi connectivity index (χ1n) is 7.07. The second-order valence-electron chi connectivity index (χ2n) is 5.27. The van der Waals surface area contributed by atoms with Crippen LogP contribution in [0.25, 0.3) is 0 Å². The molecule has 1 saturated carbocycles. The van der Waals surface area contributed by atoms with Gasteiger partial charge in [0.15, 0.2) is 0 Å². The molecule has 1 fully saturated rings. The molecule has 0 spiro atoms. The lowest BCUT2D eigenvalue weighted by atomic mass is 10.2. The summed E-state index contributed by atoms with van der Waals surface area (Å²) in [6.45, 7) is 6.00. The van der Waals surface area contributed by atoms with E-state index in [9.17, 15) is 0 Å². The molecule has 2 N–H and O–H groups in total. The Morgan fingerprint density at radius 2 is 2.37 bits per heavy atom. The van der Waals surface area contributed by atoms with Crippen LogP contribution in [0, 0.1) is 0 Å². The third kappa shape index (κ3) is 2.71. The van der Waals surface area contributed by atoms with Crippen LogP contribution < -0.4 is 5.32 Å². The van der Waals surface area contributed by atoms with E-state index in [0.29, 0.717) is 5.92 Å². The van der Waals surface area contributed by atoms with Crippen LogP contribution in [0.15, 0.2) is 18.3 Å². The number of nitrogens with one attached hydrogen (secondary N) is 2. The zero-order chi connectivity index (χ0) is 13.2. The molecule has 0 aliphatic heterocycles. The van der Waals surface area contributed by atoms with Gasteiger partial charge in [0.2, 0.25) is 0 Å². The molecule has 0 bridgehead atoms. The summed E-state index contributed by atoms with van der Waals surface area (Å²) in [5.74, 6) is 0.712. The van der Waals surface area contributed by atoms with Crippen molar-refractivity contribution < 1.29 is 0 Å². The second-order valence-corrected chi connectivity index (χ2v) is 5.27. The molecule has 2 aromatic rings. The lowest BCUT2D eigenvalue weighted by molar-refractivity contribution is 0.505. The molecule has 1 aliphatic carbocycles. The Bertz CT molecular complexity index is 538. The maximum absolute atomic E-state index is 4.37. The molecule has 2 heterocycles. The standard InChI is InChI=1S/C14H21N5/c1-3-19-14(6-7-16-19)10(2)15-9-12-8-13(18-17-12)11-4-5-11/h6-8,10-11,15H,3-5,9H2,1-2H3,(H,17,18). The van der Waals surface area contributed by atoms with Gasteiger partial charge < -0.3 is 5.32 Å². The van der Waals surface area contributed by atoms with Crippen molar-refractivity contribution in [3.05, 3.63) is 35.4 Å². The summed E-state index contributed by atoms with van der Waals surface area (Å²) in [7, 11) is 0. The minimum Gasteiger partial charge on any atom is -0.303 e. The molecule has 5 heteroatoms. The summed E-state index contributed by atoms with van der Waals surface area (Å²) in [6, 6.07) is 4.55. The maximum atomic E-state index is 4.37. The molecule has 5 nitrogen and oxygen atoms in total. The van der Waals surface area contributed by atoms with Gasteiger partial charge in [0, 0.05) is 36.9 Å². The van der Waals surface area contributed by atoms with Crippen LogP contribution in [-0.2, 0) is 13.1 Å². The Morgan fingerprint density at radius 3 is 3.11 bits per heavy atom. The fourth-order valence-electron chi connectivity index (χ4n) is 2.40. The van der Waals surface area contributed by atoms with Crippen molar-refractivity contribution in [1.29, 1.82) is 0 Å². The van der Waals surface area contributed by atoms with Crippen molar-refractivity contribution >= 4 is 0 Å². The molecule has 3 rings (SSSR count). The zero-order valence-corrected chi connectivity index (χ0v) is 11.6. The van der Waals surface area contributed by atoms with Gasteiger partial charge in [0.1, 0.15) is 0 Å². The lowest BCUT2D eigenvalue weighted by Gasteiger charge is -2.14. The minimum atomic E-state index is 0.287. The van der Waals surface area contributed by atoms with Gasteiger partial charge >= 0.3 is 0 Å². The summed E-state index contributed by atoms with van der Waals surface area (Å²) < 4.78 is 2.03. The first kappa shape index (κ1) is 12.4. The van der Waals surface area contributed by atoms with E-state index in [-0.39, 0.29) is 6.04 Å². The largest absolute Gasteiger partial charge is 0.303 e. The van der Waals surface area contributed by atoms with E-state index < -0.39 is 0 Å². The highest BCUT2D eigenvalue weighted by molar-refractivity contribution is 5.17. The number of H-pyrrole nitrogens is 1. The summed E-state index contributed by atoms with van der Waals surface area (Å²) in [5, 5.41) is 15.3. The normalized spacial score (nSPS) is 16.7. The Balaban J connectivity index is 1.58. The molecule has 0 saturated heterocycles. The Kier molecular flexibility index (Phi) is 3.38. The fraction of sp³-hybridized carbons (Fsp3) is 0.571. The molecule has 0 amide bonds. The molecular weight excluding hydrogens is 238 g/mol. The smallest absolute Gasteiger partial charge is 0.0656 e. The fourth-order valence-corrected chi connectivity index (χ4v) is 2.40. The number of aromatic nitrogens is 4. The van der Waals surface area contributed by atoms with Gasteiger partial charge in [0.05, 0.1) is 11.4 Å². The predicted octanol–water partition coefficient (Wildman–Crippen LogP) is 2.35. The highest BCUT2D eigenvalue weighted by atomic mass is 15.3. The summed E-state index contributed by atoms with van der Waals surface area (Å²) >= 11 is 0. The van der Waals surface area contributed by atoms with Crippen LogP contribution in [0.1, 0.15) is 55.7 Å². The van der Waals surface area contributed by atoms with Crippen molar-refractivity contribution in [1.82, 2.24) is 25.3 Å². The summed E-state index contributed by atoms with van der Waals surface area (Å²) in [5.41, 5.74) is 3.61. The third-order valence-electron chi connectivity index (χ3n) is 3.74. The maximum Gasteiger partial charge on any atom is 0.0656 e. The van der Waals surface area contributed by atoms with Crippen LogP contribution in [0.3, 0.4) is 0 Å². The van der Waals surface area contributed by atoms with Gasteiger partial charge in [-0.05, 0) is 38.8 Å². The highest BCUT2D eigenvalue weighted by Gasteiger charge is 2.26. The Hall–Kier alpha value is -1.62. The lowest BCUT2D eigenvalue weighted by Crippen LogP contribution is -2.21. The molecule has 1 atom stereocenters. The van der Waals surface area contributed by atoms with E-state index in [1.165, 1.54) is 24.2 Å². The molecule has 1 unspecified atom stereocenters. The van der Waals surface area contributed by atoms with Gasteiger partial charge in [-0.2, -0.15) is 10.2 Å². The van der Waals surface area contributed by atoms with Crippen LogP contribution in [0.4, 0.5) is 0 Å². The van der Waals surface area contributed by atoms with Gasteiger partial charge in [0.25, 0.3) is 0 Å². The molecule has 0 radical (unpaired) electrons. The van der Waals surface area contributed by atoms with E-state index in [2.05, 4.69) is 46.6 Å². The van der Waals surface area contributed by atoms with Crippen molar-refractivity contribution in [3.8, 4) is 0 Å². The predicted molar refractivity (Wildman–Crippen MR) is 73.7 cm³/mol. The number of aryl methyl sites for hydroxylation is 1. The van der Waals surface area contributed by atoms with Crippen LogP contribution in [0.5, 0.6) is 0 Å². The van der Waals surface area contributed by atoms with Gasteiger partial charge in [-0.25, -0.2) is 0 Å². The topological polar surface area (TPSA) is 58.5 Å². The Labute approximate surface area is 113 Å². The molecule has 102 valence electrons. The number of hydrogen-bond donors (Lipinski definition) is 2. The van der Waals surface area contributed by atoms with E-state index >= 15 is 0 Å². The van der Waals surface area contributed by atoms with E-state index in [1.807, 2.05) is 10.9 Å². The first-order chi connectivity index (χ1) is 9.28. The highest BCUT2D eigenvalue weighted by Crippen LogP contribution is 2.38. The minimum absolute atomic E-state index is 0.287. The van der Waals surface area contributed by atoms with Crippen molar-refractivity contribution in [2.45, 2.75) is 51.7 Å². The van der Waals surface area contributed by atoms with E-state index in [4.69, 9.17) is 0 Å². The van der Waals surface area contributed by atoms with E-state index in [1.54, 1.807) is 0 Å². The molecule has 1 aliphatic rings. The third-order valence-corrected chi connectivity index (χ3v) is 3.74. The summed E-state index contributed by atoms with van der Waals surface area (Å²) in [6.07, 6.45) is 4.45. The van der Waals surface area contributed by atoms with Crippen LogP contribution >= 0.6 is 0 Å². The van der Waals surface area contributed by atoms with Gasteiger partial charge in [-0.15, -0.1) is 0 Å². The van der Waals surface area contributed by atoms with Crippen LogP contribution in [-0.4, -0.2) is 20.0 Å². The van der Waals surface area contributed by atoms with Gasteiger partial charge in [-0.1, -0.05) is 0 Å². The van der Waals surface area contributed by atoms with Crippen molar-refractivity contribution in [2.75, 3.05) is 0 Å². The number of aromatic amines is 1. The number of rotatable bonds is 6. The molecule has 2 aromatic heterocycles. The molecule has 19 heavy (non-hydrogen) atoms. The monoisotopic (exact) mass is 259 g/mol. The average molecular weight is 259 g/mol. The van der Waals surface area contributed by atoms with E-state index in [0.717, 1.165) is 18.8 Å². The van der Waals surface area contributed by atoms with Crippen LogP contribution in [0.2, 0.25) is 0 Å². The number of hydrogen-bond acceptors (Lipinski definition) is 3. The first-order valence-corrected chi connectivity index (χ1v) is 7.07. The Morgan fingerprint density at radius 1 is 1.53 bits per heavy atom. The number of nitrogens with zero attached hydrogens (tertiary/aromatic N) is 3. The zero-order valence-electron chi connectivity index (χ0n) is 11.6. The second kappa shape index (κ2) is 5.17.